The fourth-order valence-corrected chi connectivity index (χ4v) is 6.06. The predicted molar refractivity (Wildman–Crippen MR) is 155 cm³/mol. The summed E-state index contributed by atoms with van der Waals surface area (Å²) in [5, 5.41) is 3.04. The van der Waals surface area contributed by atoms with Gasteiger partial charge in [0, 0.05) is 57.4 Å². The van der Waals surface area contributed by atoms with Gasteiger partial charge in [0.15, 0.2) is 0 Å². The van der Waals surface area contributed by atoms with Gasteiger partial charge in [-0.1, -0.05) is 42.5 Å². The molecule has 2 saturated heterocycles. The molecule has 2 atom stereocenters. The van der Waals surface area contributed by atoms with Gasteiger partial charge in [0.1, 0.15) is 11.6 Å². The van der Waals surface area contributed by atoms with Gasteiger partial charge < -0.3 is 15.0 Å². The summed E-state index contributed by atoms with van der Waals surface area (Å²) in [6.45, 7) is 6.40. The molecule has 6 nitrogen and oxygen atoms in total. The minimum atomic E-state index is -0.152. The van der Waals surface area contributed by atoms with Gasteiger partial charge in [0.2, 0.25) is 5.91 Å². The molecule has 2 aliphatic rings. The van der Waals surface area contributed by atoms with E-state index in [1.54, 1.807) is 13.2 Å². The molecule has 5 rings (SSSR count). The number of hydrogen-bond donors (Lipinski definition) is 1. The van der Waals surface area contributed by atoms with Gasteiger partial charge in [0.25, 0.3) is 0 Å². The number of benzene rings is 3. The standard InChI is InChI=1S/C32H39FN4O2/c1-39-28-14-12-27(13-15-28)34-32(38)16-11-26-24-35(23-25-7-3-2-4-8-25)18-17-30(26)36-19-21-37(22-20-36)31-10-6-5-9-29(31)33/h2-10,12-15,26,30H,11,16-24H2,1H3,(H,34,38)/t26-,30+/m0/s1. The second kappa shape index (κ2) is 13.1. The summed E-state index contributed by atoms with van der Waals surface area (Å²) in [5.74, 6) is 1.06. The highest BCUT2D eigenvalue weighted by molar-refractivity contribution is 5.90. The molecule has 7 heteroatoms. The number of piperidine rings is 1. The SMILES string of the molecule is COc1ccc(NC(=O)CC[C@H]2CN(Cc3ccccc3)CC[C@H]2N2CCN(c3ccccc3F)CC2)cc1. The molecule has 1 amide bonds. The molecule has 0 saturated carbocycles. The number of nitrogens with zero attached hydrogens (tertiary/aromatic N) is 3. The Balaban J connectivity index is 1.21. The Hall–Kier alpha value is -3.42. The average molecular weight is 531 g/mol. The third kappa shape index (κ3) is 7.16. The lowest BCUT2D eigenvalue weighted by Crippen LogP contribution is -2.56. The lowest BCUT2D eigenvalue weighted by atomic mass is 9.86. The van der Waals surface area contributed by atoms with Crippen LogP contribution in [0.25, 0.3) is 0 Å². The summed E-state index contributed by atoms with van der Waals surface area (Å²) >= 11 is 0. The van der Waals surface area contributed by atoms with Crippen LogP contribution in [0, 0.1) is 11.7 Å². The van der Waals surface area contributed by atoms with Crippen molar-refractivity contribution < 1.29 is 13.9 Å². The van der Waals surface area contributed by atoms with Gasteiger partial charge in [0.05, 0.1) is 12.8 Å². The minimum absolute atomic E-state index is 0.0449. The van der Waals surface area contributed by atoms with Crippen molar-refractivity contribution in [3.05, 3.63) is 90.2 Å². The average Bonchev–Trinajstić information content (AvgIpc) is 2.98. The quantitative estimate of drug-likeness (QED) is 0.409. The number of nitrogens with one attached hydrogen (secondary N) is 1. The lowest BCUT2D eigenvalue weighted by molar-refractivity contribution is -0.116. The topological polar surface area (TPSA) is 48.1 Å². The largest absolute Gasteiger partial charge is 0.497 e. The number of piperazine rings is 1. The Morgan fingerprint density at radius 2 is 1.64 bits per heavy atom. The zero-order valence-corrected chi connectivity index (χ0v) is 22.8. The first kappa shape index (κ1) is 27.2. The smallest absolute Gasteiger partial charge is 0.224 e. The van der Waals surface area contributed by atoms with Crippen molar-refractivity contribution in [2.24, 2.45) is 5.92 Å². The zero-order valence-electron chi connectivity index (χ0n) is 22.8. The first-order valence-electron chi connectivity index (χ1n) is 14.0. The van der Waals surface area contributed by atoms with E-state index in [0.29, 0.717) is 24.1 Å². The molecule has 3 aromatic carbocycles. The molecule has 206 valence electrons. The van der Waals surface area contributed by atoms with Crippen LogP contribution in [0.2, 0.25) is 0 Å². The number of hydrogen-bond acceptors (Lipinski definition) is 5. The number of para-hydroxylation sites is 1. The molecule has 2 aliphatic heterocycles. The van der Waals surface area contributed by atoms with Crippen molar-refractivity contribution in [3.63, 3.8) is 0 Å². The second-order valence-electron chi connectivity index (χ2n) is 10.6. The van der Waals surface area contributed by atoms with Crippen LogP contribution in [-0.4, -0.2) is 68.1 Å². The molecule has 0 radical (unpaired) electrons. The van der Waals surface area contributed by atoms with E-state index in [9.17, 15) is 9.18 Å². The van der Waals surface area contributed by atoms with Gasteiger partial charge in [-0.3, -0.25) is 14.6 Å². The van der Waals surface area contributed by atoms with E-state index in [2.05, 4.69) is 50.3 Å². The fourth-order valence-electron chi connectivity index (χ4n) is 6.06. The molecule has 2 fully saturated rings. The van der Waals surface area contributed by atoms with E-state index in [4.69, 9.17) is 4.74 Å². The van der Waals surface area contributed by atoms with E-state index in [1.165, 1.54) is 11.6 Å². The maximum absolute atomic E-state index is 14.4. The van der Waals surface area contributed by atoms with E-state index >= 15 is 0 Å². The van der Waals surface area contributed by atoms with E-state index in [1.807, 2.05) is 36.4 Å². The lowest BCUT2D eigenvalue weighted by Gasteiger charge is -2.47. The third-order valence-corrected chi connectivity index (χ3v) is 8.12. The number of amides is 1. The van der Waals surface area contributed by atoms with E-state index in [0.717, 1.165) is 70.1 Å². The van der Waals surface area contributed by atoms with Crippen LogP contribution in [0.5, 0.6) is 5.75 Å². The highest BCUT2D eigenvalue weighted by atomic mass is 19.1. The van der Waals surface area contributed by atoms with Crippen LogP contribution >= 0.6 is 0 Å². The number of ether oxygens (including phenoxy) is 1. The molecule has 3 aromatic rings. The molecule has 2 heterocycles. The van der Waals surface area contributed by atoms with Crippen molar-refractivity contribution in [3.8, 4) is 5.75 Å². The molecule has 0 unspecified atom stereocenters. The maximum Gasteiger partial charge on any atom is 0.224 e. The second-order valence-corrected chi connectivity index (χ2v) is 10.6. The Morgan fingerprint density at radius 1 is 0.923 bits per heavy atom. The van der Waals surface area contributed by atoms with Crippen molar-refractivity contribution in [1.82, 2.24) is 9.80 Å². The van der Waals surface area contributed by atoms with Crippen LogP contribution in [-0.2, 0) is 11.3 Å². The number of halogens is 1. The maximum atomic E-state index is 14.4. The Bertz CT molecular complexity index is 1200. The van der Waals surface area contributed by atoms with Gasteiger partial charge in [-0.15, -0.1) is 0 Å². The first-order chi connectivity index (χ1) is 19.1. The van der Waals surface area contributed by atoms with Crippen molar-refractivity contribution in [2.45, 2.75) is 31.8 Å². The molecule has 0 aliphatic carbocycles. The van der Waals surface area contributed by atoms with Gasteiger partial charge in [-0.25, -0.2) is 4.39 Å². The molecule has 0 aromatic heterocycles. The van der Waals surface area contributed by atoms with Crippen LogP contribution in [0.1, 0.15) is 24.8 Å². The number of carbonyl (C=O) groups is 1. The summed E-state index contributed by atoms with van der Waals surface area (Å²) in [7, 11) is 1.63. The normalized spacial score (nSPS) is 20.5. The third-order valence-electron chi connectivity index (χ3n) is 8.12. The Morgan fingerprint density at radius 3 is 2.36 bits per heavy atom. The molecule has 39 heavy (non-hydrogen) atoms. The van der Waals surface area contributed by atoms with E-state index < -0.39 is 0 Å². The summed E-state index contributed by atoms with van der Waals surface area (Å²) in [4.78, 5) is 20.2. The van der Waals surface area contributed by atoms with Crippen molar-refractivity contribution >= 4 is 17.3 Å². The van der Waals surface area contributed by atoms with E-state index in [-0.39, 0.29) is 11.7 Å². The highest BCUT2D eigenvalue weighted by Gasteiger charge is 2.35. The summed E-state index contributed by atoms with van der Waals surface area (Å²) < 4.78 is 19.6. The zero-order chi connectivity index (χ0) is 27.0. The molecule has 0 bridgehead atoms. The summed E-state index contributed by atoms with van der Waals surface area (Å²) in [6.07, 6.45) is 2.41. The van der Waals surface area contributed by atoms with Gasteiger partial charge in [-0.05, 0) is 67.3 Å². The first-order valence-corrected chi connectivity index (χ1v) is 14.0. The monoisotopic (exact) mass is 530 g/mol. The Kier molecular flexibility index (Phi) is 9.12. The molecule has 0 spiro atoms. The van der Waals surface area contributed by atoms with Crippen molar-refractivity contribution in [2.75, 3.05) is 56.6 Å². The number of methoxy groups -OCH3 is 1. The predicted octanol–water partition coefficient (Wildman–Crippen LogP) is 5.27. The van der Waals surface area contributed by atoms with Gasteiger partial charge in [-0.2, -0.15) is 0 Å². The summed E-state index contributed by atoms with van der Waals surface area (Å²) in [6, 6.07) is 25.6. The number of carbonyl (C=O) groups excluding carboxylic acids is 1. The number of likely N-dealkylation sites (tertiary alicyclic amines) is 1. The minimum Gasteiger partial charge on any atom is -0.497 e. The van der Waals surface area contributed by atoms with Gasteiger partial charge >= 0.3 is 0 Å². The van der Waals surface area contributed by atoms with Crippen molar-refractivity contribution in [1.29, 1.82) is 0 Å². The molecular formula is C32H39FN4O2. The fraction of sp³-hybridized carbons (Fsp3) is 0.406. The number of rotatable bonds is 9. The molecular weight excluding hydrogens is 491 g/mol. The van der Waals surface area contributed by atoms with Crippen LogP contribution in [0.4, 0.5) is 15.8 Å². The van der Waals surface area contributed by atoms with Crippen LogP contribution in [0.3, 0.4) is 0 Å². The summed E-state index contributed by atoms with van der Waals surface area (Å²) in [5.41, 5.74) is 2.81. The molecule has 1 N–H and O–H groups in total. The van der Waals surface area contributed by atoms with Crippen LogP contribution < -0.4 is 15.0 Å². The van der Waals surface area contributed by atoms with Crippen LogP contribution in [0.15, 0.2) is 78.9 Å². The Labute approximate surface area is 231 Å². The highest BCUT2D eigenvalue weighted by Crippen LogP contribution is 2.30. The number of anilines is 2.